The number of hydrogen-bond donors (Lipinski definition) is 1. The third kappa shape index (κ3) is 3.97. The lowest BCUT2D eigenvalue weighted by atomic mass is 10.6. The normalized spacial score (nSPS) is 11.4. The first-order valence-corrected chi connectivity index (χ1v) is 3.92. The molecule has 6 nitrogen and oxygen atoms in total. The summed E-state index contributed by atoms with van der Waals surface area (Å²) in [5.74, 6) is 0. The molecule has 0 aromatic rings. The van der Waals surface area contributed by atoms with E-state index in [1.165, 1.54) is 5.01 Å². The second-order valence-electron chi connectivity index (χ2n) is 2.03. The smallest absolute Gasteiger partial charge is 0.233 e. The molecule has 0 fully saturated rings. The van der Waals surface area contributed by atoms with Gasteiger partial charge < -0.3 is 15.2 Å². The van der Waals surface area contributed by atoms with Crippen LogP contribution in [0.5, 0.6) is 0 Å². The summed E-state index contributed by atoms with van der Waals surface area (Å²) in [6, 6.07) is 0. The van der Waals surface area contributed by atoms with Crippen LogP contribution < -0.4 is 0 Å². The van der Waals surface area contributed by atoms with E-state index < -0.39 is 0 Å². The van der Waals surface area contributed by atoms with Gasteiger partial charge in [-0.05, 0) is 13.8 Å². The number of hydrogen-bond acceptors (Lipinski definition) is 4. The van der Waals surface area contributed by atoms with Crippen LogP contribution in [-0.2, 0) is 4.84 Å². The van der Waals surface area contributed by atoms with Gasteiger partial charge in [0.2, 0.25) is 5.28 Å². The zero-order chi connectivity index (χ0) is 9.40. The molecule has 0 atom stereocenters. The van der Waals surface area contributed by atoms with Crippen molar-refractivity contribution in [1.29, 1.82) is 0 Å². The lowest BCUT2D eigenvalue weighted by Crippen LogP contribution is -2.30. The van der Waals surface area contributed by atoms with Crippen LogP contribution in [0.25, 0.3) is 0 Å². The fourth-order valence-corrected chi connectivity index (χ4v) is 0.648. The zero-order valence-electron chi connectivity index (χ0n) is 7.43. The first-order valence-electron chi connectivity index (χ1n) is 3.92. The van der Waals surface area contributed by atoms with Crippen molar-refractivity contribution in [3.8, 4) is 0 Å². The van der Waals surface area contributed by atoms with Crippen molar-refractivity contribution >= 4 is 0 Å². The Morgan fingerprint density at radius 3 is 2.50 bits per heavy atom. The Hall–Kier alpha value is -1.04. The minimum absolute atomic E-state index is 0.0417. The molecule has 0 aromatic heterocycles. The molecule has 0 heterocycles. The number of aliphatic hydroxyl groups excluding tert-OH is 1. The Kier molecular flexibility index (Phi) is 6.08. The Morgan fingerprint density at radius 1 is 1.50 bits per heavy atom. The molecule has 0 bridgehead atoms. The van der Waals surface area contributed by atoms with Crippen LogP contribution in [0.1, 0.15) is 13.8 Å². The van der Waals surface area contributed by atoms with Crippen molar-refractivity contribution in [2.45, 2.75) is 13.8 Å². The van der Waals surface area contributed by atoms with Crippen LogP contribution in [0.15, 0.2) is 5.28 Å². The van der Waals surface area contributed by atoms with Gasteiger partial charge in [-0.25, -0.2) is 0 Å². The van der Waals surface area contributed by atoms with Crippen LogP contribution in [0, 0.1) is 5.21 Å². The number of rotatable bonds is 6. The fourth-order valence-electron chi connectivity index (χ4n) is 0.648. The van der Waals surface area contributed by atoms with Crippen molar-refractivity contribution in [2.24, 2.45) is 5.28 Å². The van der Waals surface area contributed by atoms with Gasteiger partial charge in [-0.1, -0.05) is 0 Å². The number of aliphatic hydroxyl groups is 1. The van der Waals surface area contributed by atoms with E-state index in [0.717, 1.165) is 0 Å². The summed E-state index contributed by atoms with van der Waals surface area (Å²) in [5, 5.41) is 23.9. The average molecular weight is 177 g/mol. The lowest BCUT2D eigenvalue weighted by Gasteiger charge is -2.12. The highest BCUT2D eigenvalue weighted by molar-refractivity contribution is 4.29. The highest BCUT2D eigenvalue weighted by Crippen LogP contribution is 1.89. The summed E-state index contributed by atoms with van der Waals surface area (Å²) in [7, 11) is 0. The molecule has 0 radical (unpaired) electrons. The lowest BCUT2D eigenvalue weighted by molar-refractivity contribution is -0.710. The summed E-state index contributed by atoms with van der Waals surface area (Å²) in [6.07, 6.45) is 0. The van der Waals surface area contributed by atoms with E-state index >= 15 is 0 Å². The zero-order valence-corrected chi connectivity index (χ0v) is 7.43. The SMILES string of the molecule is CCN(CC)[N+]([O-])=NOCCO. The molecule has 0 amide bonds. The standard InChI is InChI=1S/C6H15N3O3/c1-3-8(4-2)9(11)7-12-6-5-10/h10H,3-6H2,1-2H3. The molecule has 0 aliphatic rings. The van der Waals surface area contributed by atoms with Gasteiger partial charge in [-0.15, -0.1) is 5.01 Å². The first kappa shape index (κ1) is 11.0. The molecule has 0 aliphatic heterocycles. The van der Waals surface area contributed by atoms with E-state index in [0.29, 0.717) is 18.1 Å². The quantitative estimate of drug-likeness (QED) is 0.271. The Morgan fingerprint density at radius 2 is 2.08 bits per heavy atom. The third-order valence-electron chi connectivity index (χ3n) is 1.28. The minimum Gasteiger partial charge on any atom is -0.569 e. The summed E-state index contributed by atoms with van der Waals surface area (Å²) in [4.78, 5) is 4.86. The molecule has 1 N–H and O–H groups in total. The Bertz CT molecular complexity index is 136. The van der Waals surface area contributed by atoms with E-state index in [-0.39, 0.29) is 13.2 Å². The van der Waals surface area contributed by atoms with Crippen LogP contribution >= 0.6 is 0 Å². The molecule has 0 aliphatic carbocycles. The molecule has 6 heteroatoms. The van der Waals surface area contributed by atoms with Gasteiger partial charge in [0, 0.05) is 0 Å². The van der Waals surface area contributed by atoms with Gasteiger partial charge in [0.1, 0.15) is 6.61 Å². The van der Waals surface area contributed by atoms with Crippen molar-refractivity contribution in [1.82, 2.24) is 5.01 Å². The summed E-state index contributed by atoms with van der Waals surface area (Å²) in [6.45, 7) is 4.74. The predicted octanol–water partition coefficient (Wildman–Crippen LogP) is 0.130. The highest BCUT2D eigenvalue weighted by Gasteiger charge is 2.05. The molecule has 0 saturated heterocycles. The van der Waals surface area contributed by atoms with Gasteiger partial charge in [0.25, 0.3) is 0 Å². The monoisotopic (exact) mass is 177 g/mol. The largest absolute Gasteiger partial charge is 0.569 e. The molecule has 12 heavy (non-hydrogen) atoms. The second kappa shape index (κ2) is 6.66. The van der Waals surface area contributed by atoms with E-state index in [1.54, 1.807) is 0 Å². The molecule has 0 unspecified atom stereocenters. The van der Waals surface area contributed by atoms with Crippen molar-refractivity contribution in [3.05, 3.63) is 5.21 Å². The Balaban J connectivity index is 3.79. The van der Waals surface area contributed by atoms with Gasteiger partial charge in [0.15, 0.2) is 0 Å². The first-order chi connectivity index (χ1) is 5.76. The molecule has 0 saturated carbocycles. The van der Waals surface area contributed by atoms with Crippen LogP contribution in [-0.4, -0.2) is 41.4 Å². The number of nitrogens with zero attached hydrogens (tertiary/aromatic N) is 3. The van der Waals surface area contributed by atoms with Crippen molar-refractivity contribution in [3.63, 3.8) is 0 Å². The maximum absolute atomic E-state index is 10.9. The van der Waals surface area contributed by atoms with Crippen molar-refractivity contribution in [2.75, 3.05) is 26.3 Å². The van der Waals surface area contributed by atoms with Gasteiger partial charge in [-0.3, -0.25) is 0 Å². The highest BCUT2D eigenvalue weighted by atomic mass is 16.7. The maximum atomic E-state index is 10.9. The summed E-state index contributed by atoms with van der Waals surface area (Å²) < 4.78 is 0. The second-order valence-corrected chi connectivity index (χ2v) is 2.03. The molecule has 0 aromatic carbocycles. The average Bonchev–Trinajstić information content (AvgIpc) is 2.07. The molecule has 0 rings (SSSR count). The molecular formula is C6H15N3O3. The van der Waals surface area contributed by atoms with Crippen LogP contribution in [0.2, 0.25) is 0 Å². The molecule has 72 valence electrons. The third-order valence-corrected chi connectivity index (χ3v) is 1.28. The van der Waals surface area contributed by atoms with Crippen molar-refractivity contribution < 1.29 is 14.9 Å². The topological polar surface area (TPSA) is 71.1 Å². The molecule has 0 spiro atoms. The van der Waals surface area contributed by atoms with Crippen LogP contribution in [0.3, 0.4) is 0 Å². The summed E-state index contributed by atoms with van der Waals surface area (Å²) in [5.41, 5.74) is 0. The number of hydrazine groups is 1. The predicted molar refractivity (Wildman–Crippen MR) is 42.0 cm³/mol. The van der Waals surface area contributed by atoms with E-state index in [4.69, 9.17) is 5.11 Å². The van der Waals surface area contributed by atoms with Crippen LogP contribution in [0.4, 0.5) is 0 Å². The van der Waals surface area contributed by atoms with E-state index in [1.807, 2.05) is 13.8 Å². The molecular weight excluding hydrogens is 162 g/mol. The van der Waals surface area contributed by atoms with E-state index in [2.05, 4.69) is 10.1 Å². The Labute approximate surface area is 71.6 Å². The fraction of sp³-hybridized carbons (Fsp3) is 1.00. The minimum atomic E-state index is -0.143. The summed E-state index contributed by atoms with van der Waals surface area (Å²) >= 11 is 0. The van der Waals surface area contributed by atoms with Gasteiger partial charge >= 0.3 is 0 Å². The maximum Gasteiger partial charge on any atom is 0.233 e. The van der Waals surface area contributed by atoms with Gasteiger partial charge in [-0.2, -0.15) is 0 Å². The van der Waals surface area contributed by atoms with Gasteiger partial charge in [0.05, 0.1) is 24.7 Å². The van der Waals surface area contributed by atoms with E-state index in [9.17, 15) is 5.21 Å².